The Hall–Kier alpha value is -2.98. The van der Waals surface area contributed by atoms with Crippen LogP contribution in [0.15, 0.2) is 47.4 Å². The number of halogens is 1. The summed E-state index contributed by atoms with van der Waals surface area (Å²) in [5.41, 5.74) is 5.50. The van der Waals surface area contributed by atoms with Crippen molar-refractivity contribution in [2.75, 3.05) is 11.1 Å². The van der Waals surface area contributed by atoms with Crippen LogP contribution in [0.1, 0.15) is 17.3 Å². The van der Waals surface area contributed by atoms with Crippen LogP contribution in [-0.2, 0) is 19.6 Å². The maximum Gasteiger partial charge on any atom is 0.341 e. The van der Waals surface area contributed by atoms with E-state index in [0.29, 0.717) is 0 Å². The molecule has 8 nitrogen and oxygen atoms in total. The summed E-state index contributed by atoms with van der Waals surface area (Å²) in [5.74, 6) is -2.21. The first kappa shape index (κ1) is 19.3. The van der Waals surface area contributed by atoms with Gasteiger partial charge in [-0.3, -0.25) is 4.79 Å². The Balaban J connectivity index is 2.07. The molecule has 10 heteroatoms. The van der Waals surface area contributed by atoms with Crippen molar-refractivity contribution in [3.8, 4) is 0 Å². The van der Waals surface area contributed by atoms with Gasteiger partial charge in [-0.15, -0.1) is 0 Å². The molecular weight excluding hydrogens is 365 g/mol. The number of ether oxygens (including phenoxy) is 1. The number of rotatable bonds is 5. The summed E-state index contributed by atoms with van der Waals surface area (Å²) in [5, 5.41) is 7.43. The van der Waals surface area contributed by atoms with Gasteiger partial charge in [0, 0.05) is 11.4 Å². The van der Waals surface area contributed by atoms with Crippen LogP contribution in [0, 0.1) is 5.82 Å². The van der Waals surface area contributed by atoms with E-state index in [2.05, 4.69) is 5.32 Å². The van der Waals surface area contributed by atoms with E-state index in [1.807, 2.05) is 0 Å². The van der Waals surface area contributed by atoms with E-state index < -0.39 is 33.8 Å². The van der Waals surface area contributed by atoms with Crippen LogP contribution < -0.4 is 16.2 Å². The van der Waals surface area contributed by atoms with Crippen molar-refractivity contribution < 1.29 is 27.1 Å². The molecule has 0 aliphatic rings. The summed E-state index contributed by atoms with van der Waals surface area (Å²) in [7, 11) is -3.93. The first-order valence-electron chi connectivity index (χ1n) is 7.27. The first-order chi connectivity index (χ1) is 12.1. The van der Waals surface area contributed by atoms with Gasteiger partial charge in [0.15, 0.2) is 6.10 Å². The molecule has 1 amide bonds. The van der Waals surface area contributed by atoms with Gasteiger partial charge in [0.05, 0.1) is 10.5 Å². The van der Waals surface area contributed by atoms with Crippen LogP contribution in [-0.4, -0.2) is 26.4 Å². The lowest BCUT2D eigenvalue weighted by Gasteiger charge is -2.14. The first-order valence-corrected chi connectivity index (χ1v) is 8.82. The monoisotopic (exact) mass is 381 g/mol. The standard InChI is InChI=1S/C16H16FN3O5S/c1-9(25-16(22)13-6-5-10(17)7-14(13)18)15(21)20-11-3-2-4-12(8-11)26(19,23)24/h2-9H,18H2,1H3,(H,20,21)(H2,19,23,24)/t9-/m0/s1. The SMILES string of the molecule is C[C@H](OC(=O)c1ccc(F)cc1N)C(=O)Nc1cccc(S(N)(=O)=O)c1. The van der Waals surface area contributed by atoms with Crippen molar-refractivity contribution in [1.29, 1.82) is 0 Å². The Morgan fingerprint density at radius 1 is 1.19 bits per heavy atom. The number of primary sulfonamides is 1. The summed E-state index contributed by atoms with van der Waals surface area (Å²) in [6.45, 7) is 1.32. The number of esters is 1. The Bertz CT molecular complexity index is 962. The molecule has 0 saturated heterocycles. The molecule has 26 heavy (non-hydrogen) atoms. The summed E-state index contributed by atoms with van der Waals surface area (Å²) in [6.07, 6.45) is -1.22. The van der Waals surface area contributed by atoms with E-state index in [1.165, 1.54) is 31.2 Å². The number of anilines is 2. The van der Waals surface area contributed by atoms with Gasteiger partial charge in [-0.1, -0.05) is 6.07 Å². The van der Waals surface area contributed by atoms with Gasteiger partial charge in [-0.25, -0.2) is 22.7 Å². The largest absolute Gasteiger partial charge is 0.449 e. The minimum absolute atomic E-state index is 0.0812. The highest BCUT2D eigenvalue weighted by Crippen LogP contribution is 2.17. The number of sulfonamides is 1. The van der Waals surface area contributed by atoms with Gasteiger partial charge < -0.3 is 15.8 Å². The molecule has 0 aliphatic carbocycles. The van der Waals surface area contributed by atoms with E-state index in [4.69, 9.17) is 15.6 Å². The second kappa shape index (κ2) is 7.50. The molecule has 2 aromatic rings. The number of benzene rings is 2. The molecule has 1 atom stereocenters. The van der Waals surface area contributed by atoms with E-state index in [9.17, 15) is 22.4 Å². The lowest BCUT2D eigenvalue weighted by atomic mass is 10.2. The van der Waals surface area contributed by atoms with E-state index in [0.717, 1.165) is 18.2 Å². The molecule has 0 saturated carbocycles. The summed E-state index contributed by atoms with van der Waals surface area (Å²) < 4.78 is 40.6. The Labute approximate surface area is 149 Å². The number of nitrogens with two attached hydrogens (primary N) is 2. The fourth-order valence-corrected chi connectivity index (χ4v) is 2.55. The number of nitrogen functional groups attached to an aromatic ring is 1. The number of nitrogens with one attached hydrogen (secondary N) is 1. The fourth-order valence-electron chi connectivity index (χ4n) is 1.99. The number of hydrogen-bond acceptors (Lipinski definition) is 6. The van der Waals surface area contributed by atoms with Gasteiger partial charge in [-0.05, 0) is 43.3 Å². The quantitative estimate of drug-likeness (QED) is 0.525. The van der Waals surface area contributed by atoms with Gasteiger partial charge >= 0.3 is 5.97 Å². The zero-order valence-electron chi connectivity index (χ0n) is 13.6. The second-order valence-corrected chi connectivity index (χ2v) is 6.90. The van der Waals surface area contributed by atoms with Gasteiger partial charge in [0.2, 0.25) is 10.0 Å². The predicted octanol–water partition coefficient (Wildman–Crippen LogP) is 1.24. The molecular formula is C16H16FN3O5S. The van der Waals surface area contributed by atoms with Gasteiger partial charge in [0.1, 0.15) is 5.82 Å². The van der Waals surface area contributed by atoms with E-state index in [-0.39, 0.29) is 21.8 Å². The predicted molar refractivity (Wildman–Crippen MR) is 92.1 cm³/mol. The molecule has 0 aliphatic heterocycles. The number of carbonyl (C=O) groups excluding carboxylic acids is 2. The molecule has 0 fully saturated rings. The maximum absolute atomic E-state index is 13.0. The smallest absolute Gasteiger partial charge is 0.341 e. The molecule has 0 bridgehead atoms. The maximum atomic E-state index is 13.0. The molecule has 0 spiro atoms. The van der Waals surface area contributed by atoms with Crippen LogP contribution in [0.25, 0.3) is 0 Å². The highest BCUT2D eigenvalue weighted by molar-refractivity contribution is 7.89. The van der Waals surface area contributed by atoms with Crippen molar-refractivity contribution >= 4 is 33.3 Å². The molecule has 2 aromatic carbocycles. The third-order valence-electron chi connectivity index (χ3n) is 3.32. The highest BCUT2D eigenvalue weighted by atomic mass is 32.2. The fraction of sp³-hybridized carbons (Fsp3) is 0.125. The highest BCUT2D eigenvalue weighted by Gasteiger charge is 2.21. The van der Waals surface area contributed by atoms with Gasteiger partial charge in [-0.2, -0.15) is 0 Å². The second-order valence-electron chi connectivity index (χ2n) is 5.34. The van der Waals surface area contributed by atoms with Crippen molar-refractivity contribution in [1.82, 2.24) is 0 Å². The number of carbonyl (C=O) groups is 2. The van der Waals surface area contributed by atoms with Crippen molar-refractivity contribution in [3.05, 3.63) is 53.8 Å². The lowest BCUT2D eigenvalue weighted by molar-refractivity contribution is -0.123. The summed E-state index contributed by atoms with van der Waals surface area (Å²) in [4.78, 5) is 24.0. The normalized spacial score (nSPS) is 12.3. The van der Waals surface area contributed by atoms with Crippen molar-refractivity contribution in [2.45, 2.75) is 17.9 Å². The van der Waals surface area contributed by atoms with Crippen molar-refractivity contribution in [3.63, 3.8) is 0 Å². The van der Waals surface area contributed by atoms with Crippen LogP contribution in [0.3, 0.4) is 0 Å². The van der Waals surface area contributed by atoms with Crippen LogP contribution >= 0.6 is 0 Å². The average Bonchev–Trinajstić information content (AvgIpc) is 2.54. The Morgan fingerprint density at radius 3 is 2.50 bits per heavy atom. The zero-order valence-corrected chi connectivity index (χ0v) is 14.4. The average molecular weight is 381 g/mol. The van der Waals surface area contributed by atoms with Gasteiger partial charge in [0.25, 0.3) is 5.91 Å². The summed E-state index contributed by atoms with van der Waals surface area (Å²) >= 11 is 0. The molecule has 0 heterocycles. The lowest BCUT2D eigenvalue weighted by Crippen LogP contribution is -2.30. The zero-order chi connectivity index (χ0) is 19.5. The van der Waals surface area contributed by atoms with E-state index in [1.54, 1.807) is 0 Å². The Kier molecular flexibility index (Phi) is 5.58. The minimum atomic E-state index is -3.93. The molecule has 0 unspecified atom stereocenters. The van der Waals surface area contributed by atoms with E-state index >= 15 is 0 Å². The summed E-state index contributed by atoms with van der Waals surface area (Å²) in [6, 6.07) is 8.42. The molecule has 0 radical (unpaired) electrons. The van der Waals surface area contributed by atoms with Crippen molar-refractivity contribution in [2.24, 2.45) is 5.14 Å². The van der Waals surface area contributed by atoms with Crippen LogP contribution in [0.5, 0.6) is 0 Å². The topological polar surface area (TPSA) is 142 Å². The minimum Gasteiger partial charge on any atom is -0.449 e. The molecule has 0 aromatic heterocycles. The third-order valence-corrected chi connectivity index (χ3v) is 4.23. The number of amides is 1. The van der Waals surface area contributed by atoms with Crippen LogP contribution in [0.4, 0.5) is 15.8 Å². The molecule has 138 valence electrons. The van der Waals surface area contributed by atoms with Crippen LogP contribution in [0.2, 0.25) is 0 Å². The molecule has 2 rings (SSSR count). The third kappa shape index (κ3) is 4.77. The Morgan fingerprint density at radius 2 is 1.88 bits per heavy atom. The number of hydrogen-bond donors (Lipinski definition) is 3. The molecule has 5 N–H and O–H groups in total.